The van der Waals surface area contributed by atoms with E-state index in [4.69, 9.17) is 3.45 Å². The Balaban J connectivity index is -0.0000000320. The van der Waals surface area contributed by atoms with E-state index in [0.29, 0.717) is 0 Å². The van der Waals surface area contributed by atoms with Gasteiger partial charge in [-0.25, -0.2) is 0 Å². The van der Waals surface area contributed by atoms with Crippen LogP contribution in [0, 0.1) is 0 Å². The second kappa shape index (κ2) is 15.8. The van der Waals surface area contributed by atoms with Crippen LogP contribution in [0.3, 0.4) is 0 Å². The smallest absolute Gasteiger partial charge is 0.412 e. The van der Waals surface area contributed by atoms with Gasteiger partial charge < -0.3 is 5.48 Å². The first-order chi connectivity index (χ1) is 3.98. The Morgan fingerprint density at radius 1 is 1.21 bits per heavy atom. The average Bonchev–Trinajstić information content (AvgIpc) is 1.63. The second-order valence-corrected chi connectivity index (χ2v) is 10.1. The molecule has 0 saturated carbocycles. The minimum atomic E-state index is -2.40. The van der Waals surface area contributed by atoms with Crippen LogP contribution in [0.4, 0.5) is 0 Å². The third-order valence-corrected chi connectivity index (χ3v) is 7.54. The molecule has 0 aliphatic carbocycles. The summed E-state index contributed by atoms with van der Waals surface area (Å²) in [6.07, 6.45) is 0. The molecule has 1 atom stereocenters. The third kappa shape index (κ3) is 22.8. The predicted molar refractivity (Wildman–Crippen MR) is 73.1 cm³/mol. The summed E-state index contributed by atoms with van der Waals surface area (Å²) < 4.78 is 5.33. The van der Waals surface area contributed by atoms with Crippen LogP contribution in [0.2, 0.25) is 18.1 Å². The van der Waals surface area contributed by atoms with E-state index in [0.717, 1.165) is 0 Å². The van der Waals surface area contributed by atoms with Gasteiger partial charge in [0.2, 0.25) is 0 Å². The molecule has 14 heavy (non-hydrogen) atoms. The summed E-state index contributed by atoms with van der Waals surface area (Å²) in [5, 5.41) is 0. The van der Waals surface area contributed by atoms with Gasteiger partial charge in [-0.2, -0.15) is 0 Å². The Bertz CT molecular complexity index is 108. The van der Waals surface area contributed by atoms with E-state index >= 15 is 0 Å². The van der Waals surface area contributed by atoms with Gasteiger partial charge in [-0.05, 0) is 0 Å². The molecule has 0 rings (SSSR count). The zero-order valence-corrected chi connectivity index (χ0v) is 9.74. The quantitative estimate of drug-likeness (QED) is 0.812. The molecule has 93 valence electrons. The molecule has 0 amide bonds. The van der Waals surface area contributed by atoms with Gasteiger partial charge in [0, 0.05) is 0 Å². The molecule has 3 N–H and O–H groups in total. The fraction of sp³-hybridized carbons (Fsp3) is 0.778. The van der Waals surface area contributed by atoms with Crippen molar-refractivity contribution in [1.29, 1.82) is 0 Å². The van der Waals surface area contributed by atoms with Crippen molar-refractivity contribution < 1.29 is 13.7 Å². The van der Waals surface area contributed by atoms with Crippen molar-refractivity contribution in [3.05, 3.63) is 12.3 Å². The van der Waals surface area contributed by atoms with Crippen LogP contribution in [0.1, 0.15) is 29.7 Å². The van der Waals surface area contributed by atoms with Gasteiger partial charge in [-0.1, -0.05) is 29.7 Å². The summed E-state index contributed by atoms with van der Waals surface area (Å²) in [5.41, 5.74) is 1.55. The zero-order chi connectivity index (χ0) is 7.49. The van der Waals surface area contributed by atoms with Crippen LogP contribution in [0.5, 0.6) is 0 Å². The molecular formula is C9H31GeO3Si. The molecule has 0 heterocycles. The molecule has 3 nitrogen and oxygen atoms in total. The molecule has 1 radical (unpaired) electrons. The molecule has 0 saturated heterocycles. The minimum Gasteiger partial charge on any atom is -0.412 e. The summed E-state index contributed by atoms with van der Waals surface area (Å²) >= 11 is -1.30. The molecular weight excluding hydrogens is 257 g/mol. The molecule has 0 spiro atoms. The molecule has 0 aliphatic rings. The van der Waals surface area contributed by atoms with Crippen molar-refractivity contribution in [2.75, 3.05) is 0 Å². The summed E-state index contributed by atoms with van der Waals surface area (Å²) in [6.45, 7) is 5.23. The maximum atomic E-state index is 9.33. The molecule has 0 fully saturated rings. The van der Waals surface area contributed by atoms with Crippen LogP contribution in [-0.2, 0) is 3.45 Å². The second-order valence-electron chi connectivity index (χ2n) is 2.27. The SMILES string of the molecule is C.C.C.C.C=C[Si](C)(O)[O][Ge]([CH3])[CH3].O. The summed E-state index contributed by atoms with van der Waals surface area (Å²) in [5.74, 6) is 4.12. The maximum absolute atomic E-state index is 9.33. The van der Waals surface area contributed by atoms with Crippen LogP contribution in [0.25, 0.3) is 0 Å². The number of hydrogen-bond acceptors (Lipinski definition) is 2. The predicted octanol–water partition coefficient (Wildman–Crippen LogP) is 2.76. The van der Waals surface area contributed by atoms with Crippen LogP contribution in [0.15, 0.2) is 12.3 Å². The molecule has 5 heteroatoms. The molecule has 0 aromatic carbocycles. The van der Waals surface area contributed by atoms with Crippen molar-refractivity contribution in [1.82, 2.24) is 0 Å². The van der Waals surface area contributed by atoms with Gasteiger partial charge in [0.1, 0.15) is 0 Å². The van der Waals surface area contributed by atoms with E-state index in [9.17, 15) is 4.80 Å². The first-order valence-electron chi connectivity index (χ1n) is 2.83. The average molecular weight is 288 g/mol. The van der Waals surface area contributed by atoms with Crippen molar-refractivity contribution >= 4 is 23.2 Å². The zero-order valence-electron chi connectivity index (χ0n) is 6.64. The first-order valence-corrected chi connectivity index (χ1v) is 10.3. The Labute approximate surface area is 97.2 Å². The number of rotatable bonds is 3. The monoisotopic (exact) mass is 289 g/mol. The molecule has 0 bridgehead atoms. The Morgan fingerprint density at radius 3 is 1.57 bits per heavy atom. The normalized spacial score (nSPS) is 11.2. The fourth-order valence-electron chi connectivity index (χ4n) is 0.455. The topological polar surface area (TPSA) is 61.0 Å². The molecule has 1 unspecified atom stereocenters. The summed E-state index contributed by atoms with van der Waals surface area (Å²) in [7, 11) is -2.40. The molecule has 0 aromatic heterocycles. The fourth-order valence-corrected chi connectivity index (χ4v) is 7.09. The maximum Gasteiger partial charge on any atom is -0.412 e. The minimum absolute atomic E-state index is 0. The summed E-state index contributed by atoms with van der Waals surface area (Å²) in [6, 6.07) is 0. The van der Waals surface area contributed by atoms with E-state index in [1.807, 2.05) is 0 Å². The van der Waals surface area contributed by atoms with E-state index in [-0.39, 0.29) is 35.2 Å². The largest absolute Gasteiger partial charge is 0.412 e. The van der Waals surface area contributed by atoms with E-state index in [1.54, 1.807) is 12.2 Å². The van der Waals surface area contributed by atoms with Gasteiger partial charge in [0.25, 0.3) is 0 Å². The van der Waals surface area contributed by atoms with Crippen molar-refractivity contribution in [2.45, 2.75) is 47.8 Å². The van der Waals surface area contributed by atoms with Crippen LogP contribution in [-0.4, -0.2) is 33.5 Å². The van der Waals surface area contributed by atoms with Crippen LogP contribution < -0.4 is 0 Å². The van der Waals surface area contributed by atoms with Crippen molar-refractivity contribution in [3.8, 4) is 0 Å². The Kier molecular flexibility index (Phi) is 41.5. The Morgan fingerprint density at radius 2 is 1.50 bits per heavy atom. The van der Waals surface area contributed by atoms with Gasteiger partial charge in [0.15, 0.2) is 0 Å². The van der Waals surface area contributed by atoms with E-state index < -0.39 is 23.2 Å². The summed E-state index contributed by atoms with van der Waals surface area (Å²) in [4.78, 5) is 9.33. The van der Waals surface area contributed by atoms with Gasteiger partial charge >= 0.3 is 61.8 Å². The van der Waals surface area contributed by atoms with Gasteiger partial charge in [0.05, 0.1) is 0 Å². The Hall–Kier alpha value is 0.380. The van der Waals surface area contributed by atoms with Gasteiger partial charge in [-0.3, -0.25) is 0 Å². The van der Waals surface area contributed by atoms with E-state index in [2.05, 4.69) is 18.1 Å². The number of hydrogen-bond donors (Lipinski definition) is 1. The van der Waals surface area contributed by atoms with Gasteiger partial charge in [-0.15, -0.1) is 0 Å². The first kappa shape index (κ1) is 36.7. The molecule has 0 aliphatic heterocycles. The van der Waals surface area contributed by atoms with Crippen molar-refractivity contribution in [2.24, 2.45) is 0 Å². The molecule has 0 aromatic rings. The van der Waals surface area contributed by atoms with E-state index in [1.165, 1.54) is 0 Å². The van der Waals surface area contributed by atoms with Crippen LogP contribution >= 0.6 is 0 Å². The van der Waals surface area contributed by atoms with Crippen molar-refractivity contribution in [3.63, 3.8) is 0 Å². The third-order valence-electron chi connectivity index (χ3n) is 0.789. The standard InChI is InChI=1S/C5H13GeO2Si.4CH4.H2O/c1-5-9(4,7)8-6(2)3;;;;;/h5,7H,1H2,2-4H3;4*1H4;1H2.